The van der Waals surface area contributed by atoms with Crippen LogP contribution in [0.25, 0.3) is 5.57 Å². The van der Waals surface area contributed by atoms with Gasteiger partial charge in [0.1, 0.15) is 0 Å². The molecule has 3 heteroatoms. The zero-order chi connectivity index (χ0) is 16.0. The quantitative estimate of drug-likeness (QED) is 0.697. The second kappa shape index (κ2) is 5.28. The summed E-state index contributed by atoms with van der Waals surface area (Å²) in [6.07, 6.45) is 3.91. The summed E-state index contributed by atoms with van der Waals surface area (Å²) in [4.78, 5) is 15.9. The van der Waals surface area contributed by atoms with Crippen LogP contribution in [0.15, 0.2) is 82.8 Å². The van der Waals surface area contributed by atoms with Crippen LogP contribution in [0.5, 0.6) is 0 Å². The van der Waals surface area contributed by atoms with E-state index in [1.54, 1.807) is 11.8 Å². The molecule has 0 saturated carbocycles. The van der Waals surface area contributed by atoms with Gasteiger partial charge in [-0.05, 0) is 35.4 Å². The molecule has 1 heterocycles. The third kappa shape index (κ3) is 2.16. The lowest BCUT2D eigenvalue weighted by molar-refractivity contribution is 0.104. The van der Waals surface area contributed by atoms with Gasteiger partial charge in [-0.25, -0.2) is 0 Å². The highest BCUT2D eigenvalue weighted by atomic mass is 32.2. The first-order valence-corrected chi connectivity index (χ1v) is 8.24. The first-order valence-electron chi connectivity index (χ1n) is 7.43. The maximum Gasteiger partial charge on any atom is 0.194 e. The number of thioether (sulfide) groups is 1. The van der Waals surface area contributed by atoms with Crippen molar-refractivity contribution in [2.75, 3.05) is 11.9 Å². The van der Waals surface area contributed by atoms with Gasteiger partial charge < -0.3 is 4.90 Å². The van der Waals surface area contributed by atoms with Crippen LogP contribution in [-0.4, -0.2) is 12.8 Å². The number of fused-ring (bicyclic) bond motifs is 2. The fourth-order valence-corrected chi connectivity index (χ4v) is 4.02. The van der Waals surface area contributed by atoms with Crippen LogP contribution in [0.2, 0.25) is 0 Å². The number of ketones is 1. The molecule has 0 spiro atoms. The number of rotatable bonds is 1. The molecule has 2 aromatic carbocycles. The molecule has 0 radical (unpaired) electrons. The van der Waals surface area contributed by atoms with E-state index in [0.717, 1.165) is 21.7 Å². The van der Waals surface area contributed by atoms with Crippen LogP contribution < -0.4 is 4.90 Å². The molecule has 0 atom stereocenters. The number of carbonyl (C=O) groups is 1. The van der Waals surface area contributed by atoms with Crippen LogP contribution in [0.4, 0.5) is 5.69 Å². The summed E-state index contributed by atoms with van der Waals surface area (Å²) in [5.41, 5.74) is 4.38. The molecule has 0 amide bonds. The van der Waals surface area contributed by atoms with E-state index in [1.165, 1.54) is 10.6 Å². The van der Waals surface area contributed by atoms with Crippen LogP contribution in [0, 0.1) is 0 Å². The number of para-hydroxylation sites is 1. The summed E-state index contributed by atoms with van der Waals surface area (Å²) < 4.78 is 0. The first-order chi connectivity index (χ1) is 11.2. The molecular formula is C20H15NOS. The second-order valence-electron chi connectivity index (χ2n) is 5.57. The number of benzene rings is 2. The Bertz CT molecular complexity index is 870. The van der Waals surface area contributed by atoms with Gasteiger partial charge in [0.2, 0.25) is 0 Å². The van der Waals surface area contributed by atoms with Gasteiger partial charge in [-0.3, -0.25) is 4.79 Å². The number of hydrogen-bond donors (Lipinski definition) is 0. The number of hydrogen-bond acceptors (Lipinski definition) is 3. The second-order valence-corrected chi connectivity index (χ2v) is 6.63. The highest BCUT2D eigenvalue weighted by Crippen LogP contribution is 2.45. The molecule has 23 heavy (non-hydrogen) atoms. The summed E-state index contributed by atoms with van der Waals surface area (Å²) >= 11 is 1.72. The Labute approximate surface area is 139 Å². The Hall–Kier alpha value is -2.52. The molecule has 112 valence electrons. The smallest absolute Gasteiger partial charge is 0.194 e. The first kappa shape index (κ1) is 14.1. The van der Waals surface area contributed by atoms with Crippen molar-refractivity contribution in [3.63, 3.8) is 0 Å². The molecule has 1 aliphatic carbocycles. The Kier molecular flexibility index (Phi) is 3.24. The van der Waals surface area contributed by atoms with E-state index in [1.807, 2.05) is 55.6 Å². The Morgan fingerprint density at radius 2 is 1.70 bits per heavy atom. The Morgan fingerprint density at radius 3 is 2.43 bits per heavy atom. The number of nitrogens with zero attached hydrogens (tertiary/aromatic N) is 1. The van der Waals surface area contributed by atoms with E-state index in [-0.39, 0.29) is 5.78 Å². The summed E-state index contributed by atoms with van der Waals surface area (Å²) in [6, 6.07) is 15.9. The van der Waals surface area contributed by atoms with Gasteiger partial charge in [0, 0.05) is 23.1 Å². The SMILES string of the molecule is C=C1C(=CC=C2Sc3ccccc3N2C)C(=O)c2ccccc21. The van der Waals surface area contributed by atoms with E-state index < -0.39 is 0 Å². The molecule has 0 bridgehead atoms. The molecule has 1 aliphatic heterocycles. The normalized spacial score (nSPS) is 19.6. The van der Waals surface area contributed by atoms with Crippen molar-refractivity contribution in [3.8, 4) is 0 Å². The minimum absolute atomic E-state index is 0.0608. The minimum atomic E-state index is 0.0608. The monoisotopic (exact) mass is 317 g/mol. The average Bonchev–Trinajstić information content (AvgIpc) is 3.02. The molecule has 2 aromatic rings. The summed E-state index contributed by atoms with van der Waals surface area (Å²) in [7, 11) is 2.04. The molecule has 2 aliphatic rings. The van der Waals surface area contributed by atoms with Crippen molar-refractivity contribution < 1.29 is 4.79 Å². The molecule has 0 N–H and O–H groups in total. The zero-order valence-electron chi connectivity index (χ0n) is 12.7. The molecule has 0 fully saturated rings. The van der Waals surface area contributed by atoms with E-state index in [0.29, 0.717) is 5.57 Å². The van der Waals surface area contributed by atoms with Crippen molar-refractivity contribution in [2.45, 2.75) is 4.90 Å². The van der Waals surface area contributed by atoms with Crippen molar-refractivity contribution >= 4 is 28.8 Å². The third-order valence-electron chi connectivity index (χ3n) is 4.23. The van der Waals surface area contributed by atoms with Crippen LogP contribution >= 0.6 is 11.8 Å². The molecule has 4 rings (SSSR count). The van der Waals surface area contributed by atoms with E-state index in [4.69, 9.17) is 0 Å². The maximum absolute atomic E-state index is 12.5. The van der Waals surface area contributed by atoms with Crippen molar-refractivity contribution in [3.05, 3.63) is 89.0 Å². The Morgan fingerprint density at radius 1 is 1.00 bits per heavy atom. The molecule has 2 nitrogen and oxygen atoms in total. The van der Waals surface area contributed by atoms with E-state index >= 15 is 0 Å². The average molecular weight is 317 g/mol. The van der Waals surface area contributed by atoms with Crippen LogP contribution in [-0.2, 0) is 0 Å². The standard InChI is InChI=1S/C20H15NOS/c1-13-14-7-3-4-8-16(14)20(22)15(13)11-12-19-21(2)17-9-5-6-10-18(17)23-19/h3-12H,1H2,2H3. The van der Waals surface area contributed by atoms with Crippen molar-refractivity contribution in [1.82, 2.24) is 0 Å². The lowest BCUT2D eigenvalue weighted by atomic mass is 10.1. The number of Topliss-reactive ketones (excluding diaryl/α,β-unsaturated/α-hetero) is 1. The zero-order valence-corrected chi connectivity index (χ0v) is 13.6. The fourth-order valence-electron chi connectivity index (χ4n) is 2.97. The molecular weight excluding hydrogens is 302 g/mol. The number of anilines is 1. The fraction of sp³-hybridized carbons (Fsp3) is 0.0500. The minimum Gasteiger partial charge on any atom is -0.338 e. The summed E-state index contributed by atoms with van der Waals surface area (Å²) in [6.45, 7) is 4.09. The van der Waals surface area contributed by atoms with Gasteiger partial charge in [-0.1, -0.05) is 54.7 Å². The predicted molar refractivity (Wildman–Crippen MR) is 96.7 cm³/mol. The van der Waals surface area contributed by atoms with E-state index in [2.05, 4.69) is 23.6 Å². The lowest BCUT2D eigenvalue weighted by Crippen LogP contribution is -2.09. The highest BCUT2D eigenvalue weighted by Gasteiger charge is 2.28. The largest absolute Gasteiger partial charge is 0.338 e. The van der Waals surface area contributed by atoms with Crippen LogP contribution in [0.1, 0.15) is 15.9 Å². The van der Waals surface area contributed by atoms with Gasteiger partial charge in [0.15, 0.2) is 5.78 Å². The summed E-state index contributed by atoms with van der Waals surface area (Å²) in [5.74, 6) is 0.0608. The van der Waals surface area contributed by atoms with Gasteiger partial charge in [0.05, 0.1) is 10.7 Å². The number of allylic oxidation sites excluding steroid dienone is 4. The summed E-state index contributed by atoms with van der Waals surface area (Å²) in [5, 5.41) is 1.11. The van der Waals surface area contributed by atoms with Crippen molar-refractivity contribution in [1.29, 1.82) is 0 Å². The van der Waals surface area contributed by atoms with Gasteiger partial charge in [0.25, 0.3) is 0 Å². The molecule has 0 aromatic heterocycles. The van der Waals surface area contributed by atoms with Gasteiger partial charge in [-0.15, -0.1) is 0 Å². The number of carbonyl (C=O) groups excluding carboxylic acids is 1. The Balaban J connectivity index is 1.69. The third-order valence-corrected chi connectivity index (χ3v) is 5.42. The lowest BCUT2D eigenvalue weighted by Gasteiger charge is -2.12. The van der Waals surface area contributed by atoms with Crippen LogP contribution in [0.3, 0.4) is 0 Å². The van der Waals surface area contributed by atoms with Crippen molar-refractivity contribution in [2.24, 2.45) is 0 Å². The molecule has 0 unspecified atom stereocenters. The van der Waals surface area contributed by atoms with E-state index in [9.17, 15) is 4.79 Å². The van der Waals surface area contributed by atoms with Gasteiger partial charge >= 0.3 is 0 Å². The highest BCUT2D eigenvalue weighted by molar-refractivity contribution is 8.03. The maximum atomic E-state index is 12.5. The predicted octanol–water partition coefficient (Wildman–Crippen LogP) is 4.91. The van der Waals surface area contributed by atoms with Gasteiger partial charge in [-0.2, -0.15) is 0 Å². The topological polar surface area (TPSA) is 20.3 Å². The molecule has 0 saturated heterocycles.